The standard InChI is InChI=1S/C4H10N4/c1-6-8(2)4-7-3-5/h4H,1,3,5H2,2H3/b7-4-. The lowest BCUT2D eigenvalue weighted by molar-refractivity contribution is 0.564. The predicted molar refractivity (Wildman–Crippen MR) is 34.9 cm³/mol. The minimum absolute atomic E-state index is 0.292. The maximum absolute atomic E-state index is 5.04. The van der Waals surface area contributed by atoms with Crippen LogP contribution in [0, 0.1) is 0 Å². The van der Waals surface area contributed by atoms with Crippen LogP contribution in [0.25, 0.3) is 0 Å². The highest BCUT2D eigenvalue weighted by Gasteiger charge is 1.76. The SMILES string of the molecule is C=NN(C)/C=N\CN. The second-order valence-electron chi connectivity index (χ2n) is 1.20. The number of nitrogens with two attached hydrogens (primary N) is 1. The van der Waals surface area contributed by atoms with Crippen LogP contribution in [0.5, 0.6) is 0 Å². The molecule has 0 aromatic carbocycles. The van der Waals surface area contributed by atoms with Gasteiger partial charge in [-0.25, -0.2) is 0 Å². The van der Waals surface area contributed by atoms with Gasteiger partial charge >= 0.3 is 0 Å². The molecule has 0 atom stereocenters. The molecule has 0 fully saturated rings. The molecule has 0 unspecified atom stereocenters. The van der Waals surface area contributed by atoms with Crippen molar-refractivity contribution in [3.63, 3.8) is 0 Å². The van der Waals surface area contributed by atoms with Crippen molar-refractivity contribution in [2.45, 2.75) is 0 Å². The molecule has 0 amide bonds. The molecule has 4 nitrogen and oxygen atoms in total. The van der Waals surface area contributed by atoms with E-state index in [1.54, 1.807) is 7.05 Å². The van der Waals surface area contributed by atoms with E-state index in [-0.39, 0.29) is 0 Å². The maximum Gasteiger partial charge on any atom is 0.107 e. The molecule has 0 aliphatic carbocycles. The van der Waals surface area contributed by atoms with Gasteiger partial charge in [-0.15, -0.1) is 0 Å². The van der Waals surface area contributed by atoms with E-state index >= 15 is 0 Å². The van der Waals surface area contributed by atoms with Gasteiger partial charge in [-0.3, -0.25) is 10.0 Å². The van der Waals surface area contributed by atoms with Crippen molar-refractivity contribution in [2.75, 3.05) is 13.7 Å². The van der Waals surface area contributed by atoms with E-state index in [0.717, 1.165) is 0 Å². The smallest absolute Gasteiger partial charge is 0.107 e. The summed E-state index contributed by atoms with van der Waals surface area (Å²) >= 11 is 0. The number of aliphatic imine (C=N–C) groups is 1. The Hall–Kier alpha value is -0.900. The monoisotopic (exact) mass is 114 g/mol. The molecule has 0 saturated carbocycles. The first-order valence-corrected chi connectivity index (χ1v) is 2.20. The third-order valence-corrected chi connectivity index (χ3v) is 0.577. The van der Waals surface area contributed by atoms with Gasteiger partial charge in [0.2, 0.25) is 0 Å². The van der Waals surface area contributed by atoms with Crippen LogP contribution < -0.4 is 5.73 Å². The predicted octanol–water partition coefficient (Wildman–Crippen LogP) is -0.522. The molecular weight excluding hydrogens is 104 g/mol. The minimum atomic E-state index is 0.292. The summed E-state index contributed by atoms with van der Waals surface area (Å²) in [4.78, 5) is 3.69. The Morgan fingerprint density at radius 1 is 1.88 bits per heavy atom. The summed E-state index contributed by atoms with van der Waals surface area (Å²) in [6.45, 7) is 3.55. The average molecular weight is 114 g/mol. The topological polar surface area (TPSA) is 54.0 Å². The summed E-state index contributed by atoms with van der Waals surface area (Å²) in [6, 6.07) is 0. The van der Waals surface area contributed by atoms with E-state index in [9.17, 15) is 0 Å². The first kappa shape index (κ1) is 7.10. The third kappa shape index (κ3) is 3.30. The summed E-state index contributed by atoms with van der Waals surface area (Å²) in [5.74, 6) is 0. The molecule has 0 bridgehead atoms. The highest BCUT2D eigenvalue weighted by Crippen LogP contribution is 1.71. The van der Waals surface area contributed by atoms with E-state index < -0.39 is 0 Å². The van der Waals surface area contributed by atoms with Crippen molar-refractivity contribution in [3.05, 3.63) is 0 Å². The summed E-state index contributed by atoms with van der Waals surface area (Å²) in [5.41, 5.74) is 5.04. The molecule has 0 radical (unpaired) electrons. The van der Waals surface area contributed by atoms with Crippen LogP contribution in [0.4, 0.5) is 0 Å². The number of hydrazone groups is 1. The molecule has 0 saturated heterocycles. The Kier molecular flexibility index (Phi) is 3.78. The van der Waals surface area contributed by atoms with Crippen LogP contribution in [0.2, 0.25) is 0 Å². The molecule has 0 aliphatic heterocycles. The Balaban J connectivity index is 3.35. The molecule has 0 aromatic heterocycles. The molecule has 0 heterocycles. The quantitative estimate of drug-likeness (QED) is 0.305. The first-order valence-electron chi connectivity index (χ1n) is 2.20. The van der Waals surface area contributed by atoms with Crippen LogP contribution in [0.3, 0.4) is 0 Å². The highest BCUT2D eigenvalue weighted by molar-refractivity contribution is 5.54. The molecule has 8 heavy (non-hydrogen) atoms. The van der Waals surface area contributed by atoms with E-state index in [1.165, 1.54) is 11.3 Å². The average Bonchev–Trinajstić information content (AvgIpc) is 1.83. The third-order valence-electron chi connectivity index (χ3n) is 0.577. The van der Waals surface area contributed by atoms with Gasteiger partial charge in [0.15, 0.2) is 0 Å². The Bertz CT molecular complexity index is 88.0. The lowest BCUT2D eigenvalue weighted by Crippen LogP contribution is -2.08. The normalized spacial score (nSPS) is 9.75. The Morgan fingerprint density at radius 3 is 2.88 bits per heavy atom. The second-order valence-corrected chi connectivity index (χ2v) is 1.20. The van der Waals surface area contributed by atoms with Gasteiger partial charge < -0.3 is 5.73 Å². The first-order chi connectivity index (χ1) is 3.81. The Labute approximate surface area is 48.7 Å². The van der Waals surface area contributed by atoms with E-state index in [4.69, 9.17) is 5.73 Å². The van der Waals surface area contributed by atoms with Crippen molar-refractivity contribution < 1.29 is 0 Å². The van der Waals surface area contributed by atoms with Crippen LogP contribution in [0.15, 0.2) is 10.1 Å². The minimum Gasteiger partial charge on any atom is -0.312 e. The van der Waals surface area contributed by atoms with Crippen LogP contribution in [0.1, 0.15) is 0 Å². The molecule has 0 rings (SSSR count). The number of rotatable bonds is 3. The molecule has 0 spiro atoms. The lowest BCUT2D eigenvalue weighted by Gasteiger charge is -2.00. The highest BCUT2D eigenvalue weighted by atomic mass is 15.4. The zero-order valence-electron chi connectivity index (χ0n) is 4.91. The fraction of sp³-hybridized carbons (Fsp3) is 0.500. The zero-order chi connectivity index (χ0) is 6.41. The lowest BCUT2D eigenvalue weighted by atomic mass is 11.0. The summed E-state index contributed by atoms with van der Waals surface area (Å²) in [6.07, 6.45) is 1.51. The van der Waals surface area contributed by atoms with Crippen molar-refractivity contribution in [1.29, 1.82) is 0 Å². The molecule has 0 aliphatic rings. The Morgan fingerprint density at radius 2 is 2.50 bits per heavy atom. The molecule has 4 heteroatoms. The van der Waals surface area contributed by atoms with Crippen molar-refractivity contribution >= 4 is 13.1 Å². The van der Waals surface area contributed by atoms with Crippen LogP contribution >= 0.6 is 0 Å². The second kappa shape index (κ2) is 4.26. The van der Waals surface area contributed by atoms with Crippen molar-refractivity contribution in [1.82, 2.24) is 5.01 Å². The molecule has 2 N–H and O–H groups in total. The van der Waals surface area contributed by atoms with Gasteiger partial charge in [0.1, 0.15) is 6.34 Å². The zero-order valence-corrected chi connectivity index (χ0v) is 4.91. The molecule has 46 valence electrons. The molecule has 0 aromatic rings. The number of hydrogen-bond donors (Lipinski definition) is 1. The number of nitrogens with zero attached hydrogens (tertiary/aromatic N) is 3. The van der Waals surface area contributed by atoms with E-state index in [1.807, 2.05) is 0 Å². The fourth-order valence-corrected chi connectivity index (χ4v) is 0.202. The van der Waals surface area contributed by atoms with Gasteiger partial charge in [0.05, 0.1) is 6.67 Å². The fourth-order valence-electron chi connectivity index (χ4n) is 0.202. The molecular formula is C4H10N4. The van der Waals surface area contributed by atoms with E-state index in [0.29, 0.717) is 6.67 Å². The summed E-state index contributed by atoms with van der Waals surface area (Å²) in [5, 5.41) is 4.98. The van der Waals surface area contributed by atoms with Crippen molar-refractivity contribution in [2.24, 2.45) is 15.8 Å². The van der Waals surface area contributed by atoms with Gasteiger partial charge in [-0.2, -0.15) is 5.10 Å². The van der Waals surface area contributed by atoms with Crippen LogP contribution in [-0.4, -0.2) is 31.8 Å². The van der Waals surface area contributed by atoms with E-state index in [2.05, 4.69) is 16.8 Å². The van der Waals surface area contributed by atoms with Gasteiger partial charge in [-0.1, -0.05) is 0 Å². The maximum atomic E-state index is 5.04. The van der Waals surface area contributed by atoms with Gasteiger partial charge in [0, 0.05) is 13.8 Å². The largest absolute Gasteiger partial charge is 0.312 e. The summed E-state index contributed by atoms with van der Waals surface area (Å²) in [7, 11) is 1.73. The summed E-state index contributed by atoms with van der Waals surface area (Å²) < 4.78 is 0. The van der Waals surface area contributed by atoms with Gasteiger partial charge in [-0.05, 0) is 0 Å². The van der Waals surface area contributed by atoms with Crippen molar-refractivity contribution in [3.8, 4) is 0 Å². The van der Waals surface area contributed by atoms with Crippen LogP contribution in [-0.2, 0) is 0 Å². The number of hydrogen-bond acceptors (Lipinski definition) is 3. The van der Waals surface area contributed by atoms with Gasteiger partial charge in [0.25, 0.3) is 0 Å².